The maximum Gasteiger partial charge on any atom is 0.269 e. The van der Waals surface area contributed by atoms with Gasteiger partial charge < -0.3 is 20.2 Å². The standard InChI is InChI=1S/C19H16N4O3/c1-25-11-5-3-10(4-6-11)19-22-15-13-8-7-12(26-2)9-14(13)21-16(15)17(23-19)18(20)24/h3-9,21H,1-2H3,(H2,20,24). The van der Waals surface area contributed by atoms with Crippen LogP contribution in [0.3, 0.4) is 0 Å². The number of fused-ring (bicyclic) bond motifs is 3. The van der Waals surface area contributed by atoms with Crippen LogP contribution in [0.1, 0.15) is 10.5 Å². The summed E-state index contributed by atoms with van der Waals surface area (Å²) in [5.74, 6) is 1.23. The first kappa shape index (κ1) is 15.9. The minimum absolute atomic E-state index is 0.149. The summed E-state index contributed by atoms with van der Waals surface area (Å²) in [5.41, 5.74) is 8.41. The minimum Gasteiger partial charge on any atom is -0.497 e. The molecule has 4 rings (SSSR count). The Hall–Kier alpha value is -3.61. The van der Waals surface area contributed by atoms with E-state index in [4.69, 9.17) is 15.2 Å². The Kier molecular flexibility index (Phi) is 3.69. The molecule has 0 saturated heterocycles. The largest absolute Gasteiger partial charge is 0.497 e. The predicted octanol–water partition coefficient (Wildman–Crippen LogP) is 2.89. The molecule has 7 heteroatoms. The Bertz CT molecular complexity index is 1130. The van der Waals surface area contributed by atoms with E-state index < -0.39 is 5.91 Å². The maximum atomic E-state index is 12.0. The summed E-state index contributed by atoms with van der Waals surface area (Å²) in [7, 11) is 3.20. The van der Waals surface area contributed by atoms with E-state index in [1.807, 2.05) is 42.5 Å². The number of carbonyl (C=O) groups excluding carboxylic acids is 1. The van der Waals surface area contributed by atoms with E-state index in [0.29, 0.717) is 22.6 Å². The zero-order valence-electron chi connectivity index (χ0n) is 14.2. The molecule has 0 radical (unpaired) electrons. The van der Waals surface area contributed by atoms with Crippen LogP contribution < -0.4 is 15.2 Å². The molecule has 4 aromatic rings. The third-order valence-electron chi connectivity index (χ3n) is 4.23. The lowest BCUT2D eigenvalue weighted by Gasteiger charge is -2.05. The van der Waals surface area contributed by atoms with Crippen molar-refractivity contribution in [2.24, 2.45) is 5.73 Å². The van der Waals surface area contributed by atoms with Crippen molar-refractivity contribution in [1.29, 1.82) is 0 Å². The van der Waals surface area contributed by atoms with Gasteiger partial charge in [0, 0.05) is 17.0 Å². The molecule has 0 aliphatic heterocycles. The molecule has 2 aromatic heterocycles. The normalized spacial score (nSPS) is 11.0. The first-order chi connectivity index (χ1) is 12.6. The molecule has 0 saturated carbocycles. The van der Waals surface area contributed by atoms with Gasteiger partial charge in [0.1, 0.15) is 17.0 Å². The van der Waals surface area contributed by atoms with Gasteiger partial charge in [-0.1, -0.05) is 0 Å². The molecule has 0 aliphatic carbocycles. The van der Waals surface area contributed by atoms with Crippen molar-refractivity contribution >= 4 is 27.8 Å². The third-order valence-corrected chi connectivity index (χ3v) is 4.23. The van der Waals surface area contributed by atoms with Crippen LogP contribution in [0.5, 0.6) is 11.5 Å². The molecular formula is C19H16N4O3. The highest BCUT2D eigenvalue weighted by Crippen LogP contribution is 2.30. The zero-order valence-corrected chi connectivity index (χ0v) is 14.2. The van der Waals surface area contributed by atoms with Crippen LogP contribution in [0.4, 0.5) is 0 Å². The molecule has 0 aliphatic rings. The fourth-order valence-corrected chi connectivity index (χ4v) is 2.92. The number of nitrogens with one attached hydrogen (secondary N) is 1. The Labute approximate surface area is 148 Å². The number of primary amides is 1. The van der Waals surface area contributed by atoms with Crippen molar-refractivity contribution in [2.45, 2.75) is 0 Å². The lowest BCUT2D eigenvalue weighted by Crippen LogP contribution is -2.14. The van der Waals surface area contributed by atoms with Crippen LogP contribution in [-0.2, 0) is 0 Å². The van der Waals surface area contributed by atoms with Crippen molar-refractivity contribution in [1.82, 2.24) is 15.0 Å². The molecule has 3 N–H and O–H groups in total. The molecule has 0 bridgehead atoms. The van der Waals surface area contributed by atoms with Gasteiger partial charge in [0.15, 0.2) is 11.5 Å². The summed E-state index contributed by atoms with van der Waals surface area (Å²) in [6, 6.07) is 12.9. The zero-order chi connectivity index (χ0) is 18.3. The first-order valence-electron chi connectivity index (χ1n) is 7.92. The second-order valence-corrected chi connectivity index (χ2v) is 5.75. The smallest absolute Gasteiger partial charge is 0.269 e. The van der Waals surface area contributed by atoms with Crippen LogP contribution in [0.25, 0.3) is 33.3 Å². The summed E-state index contributed by atoms with van der Waals surface area (Å²) in [6.45, 7) is 0. The molecule has 0 unspecified atom stereocenters. The maximum absolute atomic E-state index is 12.0. The van der Waals surface area contributed by atoms with E-state index in [2.05, 4.69) is 15.0 Å². The van der Waals surface area contributed by atoms with Crippen molar-refractivity contribution in [3.63, 3.8) is 0 Å². The quantitative estimate of drug-likeness (QED) is 0.590. The summed E-state index contributed by atoms with van der Waals surface area (Å²) in [4.78, 5) is 24.2. The van der Waals surface area contributed by atoms with Gasteiger partial charge in [0.2, 0.25) is 0 Å². The monoisotopic (exact) mass is 348 g/mol. The van der Waals surface area contributed by atoms with Gasteiger partial charge in [0.25, 0.3) is 5.91 Å². The Balaban J connectivity index is 1.99. The second kappa shape index (κ2) is 6.03. The number of benzene rings is 2. The average molecular weight is 348 g/mol. The van der Waals surface area contributed by atoms with Gasteiger partial charge in [-0.05, 0) is 36.4 Å². The van der Waals surface area contributed by atoms with Crippen LogP contribution in [0, 0.1) is 0 Å². The number of amides is 1. The summed E-state index contributed by atoms with van der Waals surface area (Å²) < 4.78 is 10.4. The summed E-state index contributed by atoms with van der Waals surface area (Å²) >= 11 is 0. The van der Waals surface area contributed by atoms with Gasteiger partial charge in [-0.2, -0.15) is 0 Å². The van der Waals surface area contributed by atoms with E-state index in [0.717, 1.165) is 22.2 Å². The van der Waals surface area contributed by atoms with Gasteiger partial charge in [-0.25, -0.2) is 9.97 Å². The molecule has 0 atom stereocenters. The van der Waals surface area contributed by atoms with Gasteiger partial charge in [-0.15, -0.1) is 0 Å². The molecule has 7 nitrogen and oxygen atoms in total. The van der Waals surface area contributed by atoms with E-state index in [1.165, 1.54) is 0 Å². The highest BCUT2D eigenvalue weighted by atomic mass is 16.5. The number of carbonyl (C=O) groups is 1. The molecule has 1 amide bonds. The van der Waals surface area contributed by atoms with E-state index in [9.17, 15) is 4.79 Å². The van der Waals surface area contributed by atoms with Crippen molar-refractivity contribution < 1.29 is 14.3 Å². The fraction of sp³-hybridized carbons (Fsp3) is 0.105. The first-order valence-corrected chi connectivity index (χ1v) is 7.92. The predicted molar refractivity (Wildman–Crippen MR) is 98.5 cm³/mol. The SMILES string of the molecule is COc1ccc(-c2nc(C(N)=O)c3[nH]c4cc(OC)ccc4c3n2)cc1. The van der Waals surface area contributed by atoms with Crippen LogP contribution >= 0.6 is 0 Å². The lowest BCUT2D eigenvalue weighted by molar-refractivity contribution is 0.0997. The summed E-state index contributed by atoms with van der Waals surface area (Å²) in [6.07, 6.45) is 0. The van der Waals surface area contributed by atoms with Gasteiger partial charge >= 0.3 is 0 Å². The number of rotatable bonds is 4. The molecule has 0 fully saturated rings. The number of aromatic nitrogens is 3. The number of hydrogen-bond acceptors (Lipinski definition) is 5. The van der Waals surface area contributed by atoms with E-state index in [1.54, 1.807) is 14.2 Å². The average Bonchev–Trinajstić information content (AvgIpc) is 3.04. The Morgan fingerprint density at radius 1 is 1.00 bits per heavy atom. The number of nitrogens with two attached hydrogens (primary N) is 1. The summed E-state index contributed by atoms with van der Waals surface area (Å²) in [5, 5.41) is 0.862. The van der Waals surface area contributed by atoms with E-state index >= 15 is 0 Å². The lowest BCUT2D eigenvalue weighted by atomic mass is 10.1. The highest BCUT2D eigenvalue weighted by Gasteiger charge is 2.18. The Morgan fingerprint density at radius 3 is 2.35 bits per heavy atom. The van der Waals surface area contributed by atoms with Crippen molar-refractivity contribution in [3.05, 3.63) is 48.2 Å². The van der Waals surface area contributed by atoms with Crippen molar-refractivity contribution in [3.8, 4) is 22.9 Å². The van der Waals surface area contributed by atoms with Crippen LogP contribution in [0.15, 0.2) is 42.5 Å². The third kappa shape index (κ3) is 2.50. The number of hydrogen-bond donors (Lipinski definition) is 2. The van der Waals surface area contributed by atoms with Crippen LogP contribution in [-0.4, -0.2) is 35.1 Å². The molecule has 0 spiro atoms. The highest BCUT2D eigenvalue weighted by molar-refractivity contribution is 6.12. The molecule has 2 aromatic carbocycles. The minimum atomic E-state index is -0.620. The number of methoxy groups -OCH3 is 2. The fourth-order valence-electron chi connectivity index (χ4n) is 2.92. The molecular weight excluding hydrogens is 332 g/mol. The second-order valence-electron chi connectivity index (χ2n) is 5.75. The number of H-pyrrole nitrogens is 1. The Morgan fingerprint density at radius 2 is 1.69 bits per heavy atom. The molecule has 26 heavy (non-hydrogen) atoms. The van der Waals surface area contributed by atoms with Gasteiger partial charge in [-0.3, -0.25) is 4.79 Å². The van der Waals surface area contributed by atoms with Gasteiger partial charge in [0.05, 0.1) is 25.3 Å². The number of ether oxygens (including phenoxy) is 2. The number of aromatic amines is 1. The van der Waals surface area contributed by atoms with Crippen LogP contribution in [0.2, 0.25) is 0 Å². The van der Waals surface area contributed by atoms with Crippen molar-refractivity contribution in [2.75, 3.05) is 14.2 Å². The van der Waals surface area contributed by atoms with E-state index in [-0.39, 0.29) is 5.69 Å². The molecule has 2 heterocycles. The number of nitrogens with zero attached hydrogens (tertiary/aromatic N) is 2. The molecule has 130 valence electrons. The topological polar surface area (TPSA) is 103 Å².